The van der Waals surface area contributed by atoms with Crippen LogP contribution in [-0.4, -0.2) is 32.0 Å². The molecule has 150 valence electrons. The summed E-state index contributed by atoms with van der Waals surface area (Å²) in [5, 5.41) is 17.9. The van der Waals surface area contributed by atoms with Crippen LogP contribution in [0.2, 0.25) is 0 Å². The molecule has 0 bridgehead atoms. The van der Waals surface area contributed by atoms with E-state index in [2.05, 4.69) is 39.9 Å². The third-order valence-electron chi connectivity index (χ3n) is 4.46. The van der Waals surface area contributed by atoms with E-state index in [9.17, 15) is 9.59 Å². The predicted molar refractivity (Wildman–Crippen MR) is 111 cm³/mol. The van der Waals surface area contributed by atoms with Crippen molar-refractivity contribution in [3.63, 3.8) is 0 Å². The molecule has 0 saturated heterocycles. The summed E-state index contributed by atoms with van der Waals surface area (Å²) in [6, 6.07) is 14.2. The number of aromatic nitrogens is 4. The molecule has 1 unspecified atom stereocenters. The smallest absolute Gasteiger partial charge is 0.250 e. The van der Waals surface area contributed by atoms with Crippen molar-refractivity contribution in [2.75, 3.05) is 10.6 Å². The highest BCUT2D eigenvalue weighted by Crippen LogP contribution is 2.20. The van der Waals surface area contributed by atoms with Crippen molar-refractivity contribution in [1.29, 1.82) is 0 Å². The molecule has 8 heteroatoms. The summed E-state index contributed by atoms with van der Waals surface area (Å²) >= 11 is 0. The topological polar surface area (TPSA) is 102 Å². The van der Waals surface area contributed by atoms with Gasteiger partial charge in [0.05, 0.1) is 0 Å². The van der Waals surface area contributed by atoms with Crippen LogP contribution >= 0.6 is 0 Å². The molecule has 2 N–H and O–H groups in total. The van der Waals surface area contributed by atoms with Crippen LogP contribution in [0.1, 0.15) is 45.2 Å². The Morgan fingerprint density at radius 2 is 1.48 bits per heavy atom. The lowest BCUT2D eigenvalue weighted by Gasteiger charge is -2.11. The van der Waals surface area contributed by atoms with E-state index in [1.807, 2.05) is 24.3 Å². The number of hydrogen-bond acceptors (Lipinski definition) is 5. The third kappa shape index (κ3) is 5.04. The van der Waals surface area contributed by atoms with Gasteiger partial charge in [0.2, 0.25) is 11.7 Å². The number of nitrogens with one attached hydrogen (secondary N) is 2. The molecule has 0 radical (unpaired) electrons. The van der Waals surface area contributed by atoms with Gasteiger partial charge < -0.3 is 10.6 Å². The molecule has 29 heavy (non-hydrogen) atoms. The second kappa shape index (κ2) is 8.64. The highest BCUT2D eigenvalue weighted by atomic mass is 16.2. The Labute approximate surface area is 169 Å². The van der Waals surface area contributed by atoms with E-state index >= 15 is 0 Å². The van der Waals surface area contributed by atoms with Crippen LogP contribution in [0, 0.1) is 0 Å². The van der Waals surface area contributed by atoms with Crippen LogP contribution in [0.4, 0.5) is 11.4 Å². The zero-order valence-corrected chi connectivity index (χ0v) is 16.9. The van der Waals surface area contributed by atoms with Gasteiger partial charge in [-0.05, 0) is 47.9 Å². The number of anilines is 2. The van der Waals surface area contributed by atoms with Crippen molar-refractivity contribution in [2.24, 2.45) is 0 Å². The largest absolute Gasteiger partial charge is 0.326 e. The minimum Gasteiger partial charge on any atom is -0.326 e. The van der Waals surface area contributed by atoms with Gasteiger partial charge in [0.1, 0.15) is 6.04 Å². The van der Waals surface area contributed by atoms with Gasteiger partial charge in [0.15, 0.2) is 0 Å². The summed E-state index contributed by atoms with van der Waals surface area (Å²) in [6.07, 6.45) is 0. The Balaban J connectivity index is 1.66. The molecule has 1 heterocycles. The summed E-state index contributed by atoms with van der Waals surface area (Å²) in [4.78, 5) is 24.9. The Morgan fingerprint density at radius 3 is 2.03 bits per heavy atom. The van der Waals surface area contributed by atoms with Crippen molar-refractivity contribution in [3.05, 3.63) is 54.1 Å². The van der Waals surface area contributed by atoms with Crippen LogP contribution in [0.25, 0.3) is 11.4 Å². The number of amides is 2. The molecule has 1 aromatic heterocycles. The highest BCUT2D eigenvalue weighted by molar-refractivity contribution is 5.94. The predicted octanol–water partition coefficient (Wildman–Crippen LogP) is 3.62. The van der Waals surface area contributed by atoms with Crippen LogP contribution in [0.5, 0.6) is 0 Å². The molecule has 0 saturated carbocycles. The quantitative estimate of drug-likeness (QED) is 0.667. The van der Waals surface area contributed by atoms with E-state index < -0.39 is 6.04 Å². The molecule has 0 spiro atoms. The molecular formula is C21H24N6O2. The summed E-state index contributed by atoms with van der Waals surface area (Å²) in [6.45, 7) is 7.41. The van der Waals surface area contributed by atoms with E-state index in [1.54, 1.807) is 31.2 Å². The monoisotopic (exact) mass is 392 g/mol. The molecular weight excluding hydrogens is 368 g/mol. The second-order valence-corrected chi connectivity index (χ2v) is 7.13. The van der Waals surface area contributed by atoms with Crippen molar-refractivity contribution in [1.82, 2.24) is 20.2 Å². The molecule has 3 rings (SSSR count). The molecule has 2 aromatic carbocycles. The van der Waals surface area contributed by atoms with E-state index in [0.717, 1.165) is 5.56 Å². The Kier molecular flexibility index (Phi) is 6.01. The number of carbonyl (C=O) groups excluding carboxylic acids is 2. The molecule has 3 aromatic rings. The van der Waals surface area contributed by atoms with E-state index in [4.69, 9.17) is 0 Å². The number of benzene rings is 2. The van der Waals surface area contributed by atoms with Gasteiger partial charge in [0, 0.05) is 23.9 Å². The van der Waals surface area contributed by atoms with Crippen LogP contribution < -0.4 is 10.6 Å². The molecule has 0 fully saturated rings. The molecule has 0 aliphatic heterocycles. The van der Waals surface area contributed by atoms with Crippen LogP contribution in [0.15, 0.2) is 48.5 Å². The molecule has 0 aliphatic rings. The maximum atomic E-state index is 12.5. The summed E-state index contributed by atoms with van der Waals surface area (Å²) in [7, 11) is 0. The van der Waals surface area contributed by atoms with Crippen molar-refractivity contribution < 1.29 is 9.59 Å². The van der Waals surface area contributed by atoms with Gasteiger partial charge in [-0.15, -0.1) is 10.2 Å². The third-order valence-corrected chi connectivity index (χ3v) is 4.46. The van der Waals surface area contributed by atoms with Gasteiger partial charge in [-0.25, -0.2) is 0 Å². The maximum absolute atomic E-state index is 12.5. The maximum Gasteiger partial charge on any atom is 0.250 e. The first-order valence-corrected chi connectivity index (χ1v) is 9.42. The fourth-order valence-electron chi connectivity index (χ4n) is 2.71. The lowest BCUT2D eigenvalue weighted by Crippen LogP contribution is -2.25. The SMILES string of the molecule is CC(=O)Nc1ccc(NC(=O)C(C)n2nnc(-c3ccc(C(C)C)cc3)n2)cc1. The molecule has 1 atom stereocenters. The number of carbonyl (C=O) groups is 2. The highest BCUT2D eigenvalue weighted by Gasteiger charge is 2.19. The summed E-state index contributed by atoms with van der Waals surface area (Å²) in [5.41, 5.74) is 3.36. The van der Waals surface area contributed by atoms with Crippen LogP contribution in [0.3, 0.4) is 0 Å². The fourth-order valence-corrected chi connectivity index (χ4v) is 2.71. The molecule has 0 aliphatic carbocycles. The average Bonchev–Trinajstić information content (AvgIpc) is 3.18. The second-order valence-electron chi connectivity index (χ2n) is 7.13. The number of tetrazole rings is 1. The molecule has 2 amide bonds. The number of nitrogens with zero attached hydrogens (tertiary/aromatic N) is 4. The van der Waals surface area contributed by atoms with E-state index in [-0.39, 0.29) is 11.8 Å². The zero-order valence-electron chi connectivity index (χ0n) is 16.9. The lowest BCUT2D eigenvalue weighted by molar-refractivity contribution is -0.119. The van der Waals surface area contributed by atoms with Crippen LogP contribution in [-0.2, 0) is 9.59 Å². The zero-order chi connectivity index (χ0) is 21.0. The summed E-state index contributed by atoms with van der Waals surface area (Å²) < 4.78 is 0. The van der Waals surface area contributed by atoms with Gasteiger partial charge in [0.25, 0.3) is 5.91 Å². The first-order valence-electron chi connectivity index (χ1n) is 9.42. The Morgan fingerprint density at radius 1 is 0.897 bits per heavy atom. The molecule has 8 nitrogen and oxygen atoms in total. The Bertz CT molecular complexity index is 993. The first kappa shape index (κ1) is 20.2. The minimum absolute atomic E-state index is 0.151. The number of rotatable bonds is 6. The van der Waals surface area contributed by atoms with Crippen molar-refractivity contribution in [2.45, 2.75) is 39.7 Å². The van der Waals surface area contributed by atoms with Gasteiger partial charge in [-0.2, -0.15) is 4.80 Å². The standard InChI is InChI=1S/C21H24N6O2/c1-13(2)16-5-7-17(8-6-16)20-24-26-27(25-20)14(3)21(29)23-19-11-9-18(10-12-19)22-15(4)28/h5-14H,1-4H3,(H,22,28)(H,23,29). The van der Waals surface area contributed by atoms with Crippen molar-refractivity contribution >= 4 is 23.2 Å². The normalized spacial score (nSPS) is 11.9. The van der Waals surface area contributed by atoms with Gasteiger partial charge >= 0.3 is 0 Å². The van der Waals surface area contributed by atoms with E-state index in [1.165, 1.54) is 17.3 Å². The first-order chi connectivity index (χ1) is 13.8. The van der Waals surface area contributed by atoms with Gasteiger partial charge in [-0.3, -0.25) is 9.59 Å². The Hall–Kier alpha value is -3.55. The number of hydrogen-bond donors (Lipinski definition) is 2. The summed E-state index contributed by atoms with van der Waals surface area (Å²) in [5.74, 6) is 0.502. The van der Waals surface area contributed by atoms with Crippen molar-refractivity contribution in [3.8, 4) is 11.4 Å². The fraction of sp³-hybridized carbons (Fsp3) is 0.286. The average molecular weight is 392 g/mol. The minimum atomic E-state index is -0.638. The van der Waals surface area contributed by atoms with Gasteiger partial charge in [-0.1, -0.05) is 38.1 Å². The lowest BCUT2D eigenvalue weighted by atomic mass is 10.0. The van der Waals surface area contributed by atoms with E-state index in [0.29, 0.717) is 23.1 Å².